The second-order valence-corrected chi connectivity index (χ2v) is 6.46. The molecule has 2 aromatic carbocycles. The standard InChI is InChI=1S/C16H14O4S/c1-2-12-8-10-14(11-9-12)21(19,20)15(16(17)18)13-6-4-3-5-7-13/h2-11,15H,1H2,(H,17,18)/p-1. The van der Waals surface area contributed by atoms with Crippen LogP contribution in [0.1, 0.15) is 16.4 Å². The molecule has 0 N–H and O–H groups in total. The van der Waals surface area contributed by atoms with Gasteiger partial charge in [0.1, 0.15) is 5.25 Å². The lowest BCUT2D eigenvalue weighted by Gasteiger charge is -2.19. The van der Waals surface area contributed by atoms with Crippen molar-refractivity contribution in [2.45, 2.75) is 10.1 Å². The first-order valence-corrected chi connectivity index (χ1v) is 7.73. The van der Waals surface area contributed by atoms with Gasteiger partial charge in [0.15, 0.2) is 9.84 Å². The van der Waals surface area contributed by atoms with E-state index in [1.807, 2.05) is 0 Å². The van der Waals surface area contributed by atoms with Crippen LogP contribution in [0.25, 0.3) is 6.08 Å². The third-order valence-corrected chi connectivity index (χ3v) is 5.09. The molecule has 2 rings (SSSR count). The number of hydrogen-bond acceptors (Lipinski definition) is 4. The molecule has 0 radical (unpaired) electrons. The van der Waals surface area contributed by atoms with E-state index in [-0.39, 0.29) is 10.5 Å². The van der Waals surface area contributed by atoms with Crippen molar-refractivity contribution in [3.05, 3.63) is 72.3 Å². The van der Waals surface area contributed by atoms with Gasteiger partial charge in [-0.1, -0.05) is 55.1 Å². The minimum atomic E-state index is -4.07. The summed E-state index contributed by atoms with van der Waals surface area (Å²) < 4.78 is 25.1. The van der Waals surface area contributed by atoms with Gasteiger partial charge in [0.05, 0.1) is 10.9 Å². The highest BCUT2D eigenvalue weighted by molar-refractivity contribution is 7.92. The van der Waals surface area contributed by atoms with E-state index in [2.05, 4.69) is 6.58 Å². The van der Waals surface area contributed by atoms with Crippen LogP contribution in [-0.2, 0) is 14.6 Å². The highest BCUT2D eigenvalue weighted by atomic mass is 32.2. The fraction of sp³-hybridized carbons (Fsp3) is 0.0625. The molecule has 0 fully saturated rings. The summed E-state index contributed by atoms with van der Waals surface area (Å²) in [6, 6.07) is 13.6. The Labute approximate surface area is 123 Å². The van der Waals surface area contributed by atoms with E-state index in [1.54, 1.807) is 36.4 Å². The van der Waals surface area contributed by atoms with Crippen molar-refractivity contribution in [2.75, 3.05) is 0 Å². The number of rotatable bonds is 5. The molecule has 1 unspecified atom stereocenters. The molecular weight excluding hydrogens is 288 g/mol. The summed E-state index contributed by atoms with van der Waals surface area (Å²) in [6.45, 7) is 3.58. The molecule has 1 atom stereocenters. The average molecular weight is 301 g/mol. The van der Waals surface area contributed by atoms with Crippen LogP contribution in [-0.4, -0.2) is 14.4 Å². The van der Waals surface area contributed by atoms with Crippen LogP contribution in [0.3, 0.4) is 0 Å². The molecule has 0 spiro atoms. The number of carbonyl (C=O) groups is 1. The molecule has 21 heavy (non-hydrogen) atoms. The Morgan fingerprint density at radius 3 is 2.10 bits per heavy atom. The van der Waals surface area contributed by atoms with Crippen LogP contribution in [0.4, 0.5) is 0 Å². The van der Waals surface area contributed by atoms with Gasteiger partial charge in [-0.2, -0.15) is 0 Å². The van der Waals surface area contributed by atoms with Crippen LogP contribution < -0.4 is 5.11 Å². The van der Waals surface area contributed by atoms with Gasteiger partial charge in [0.2, 0.25) is 0 Å². The Bertz CT molecular complexity index is 747. The number of carboxylic acids is 1. The smallest absolute Gasteiger partial charge is 0.190 e. The van der Waals surface area contributed by atoms with Crippen LogP contribution in [0.2, 0.25) is 0 Å². The monoisotopic (exact) mass is 301 g/mol. The molecule has 5 heteroatoms. The molecule has 0 aromatic heterocycles. The summed E-state index contributed by atoms with van der Waals surface area (Å²) in [7, 11) is -4.07. The molecule has 0 bridgehead atoms. The topological polar surface area (TPSA) is 74.3 Å². The number of sulfone groups is 1. The van der Waals surface area contributed by atoms with Crippen LogP contribution in [0, 0.1) is 0 Å². The van der Waals surface area contributed by atoms with Crippen molar-refractivity contribution in [1.82, 2.24) is 0 Å². The Morgan fingerprint density at radius 2 is 1.62 bits per heavy atom. The second-order valence-electron chi connectivity index (χ2n) is 4.43. The molecular formula is C16H13O4S-. The van der Waals surface area contributed by atoms with E-state index in [9.17, 15) is 18.3 Å². The fourth-order valence-electron chi connectivity index (χ4n) is 2.00. The fourth-order valence-corrected chi connectivity index (χ4v) is 3.56. The summed E-state index contributed by atoms with van der Waals surface area (Å²) in [5.41, 5.74) is 0.920. The first-order chi connectivity index (χ1) is 9.96. The Hall–Kier alpha value is -2.40. The zero-order valence-corrected chi connectivity index (χ0v) is 11.9. The summed E-state index contributed by atoms with van der Waals surface area (Å²) in [4.78, 5) is 11.3. The maximum Gasteiger partial charge on any atom is 0.190 e. The van der Waals surface area contributed by atoms with Crippen molar-refractivity contribution in [1.29, 1.82) is 0 Å². The van der Waals surface area contributed by atoms with E-state index < -0.39 is 21.1 Å². The van der Waals surface area contributed by atoms with Crippen molar-refractivity contribution < 1.29 is 18.3 Å². The third-order valence-electron chi connectivity index (χ3n) is 3.07. The number of hydrogen-bond donors (Lipinski definition) is 0. The molecule has 0 aliphatic heterocycles. The van der Waals surface area contributed by atoms with E-state index in [4.69, 9.17) is 0 Å². The van der Waals surface area contributed by atoms with Gasteiger partial charge in [0, 0.05) is 0 Å². The minimum Gasteiger partial charge on any atom is -0.548 e. The lowest BCUT2D eigenvalue weighted by molar-refractivity contribution is -0.305. The lowest BCUT2D eigenvalue weighted by atomic mass is 10.1. The zero-order valence-electron chi connectivity index (χ0n) is 11.1. The minimum absolute atomic E-state index is 0.0637. The van der Waals surface area contributed by atoms with E-state index in [0.29, 0.717) is 0 Å². The normalized spacial score (nSPS) is 12.6. The Kier molecular flexibility index (Phi) is 4.23. The maximum absolute atomic E-state index is 12.5. The van der Waals surface area contributed by atoms with E-state index in [0.717, 1.165) is 5.56 Å². The Balaban J connectivity index is 2.52. The van der Waals surface area contributed by atoms with Gasteiger partial charge in [-0.05, 0) is 23.3 Å². The Morgan fingerprint density at radius 1 is 1.05 bits per heavy atom. The molecule has 0 saturated heterocycles. The average Bonchev–Trinajstić information content (AvgIpc) is 2.48. The van der Waals surface area contributed by atoms with Crippen molar-refractivity contribution in [3.63, 3.8) is 0 Å². The molecule has 0 saturated carbocycles. The predicted octanol–water partition coefficient (Wildman–Crippen LogP) is 1.59. The molecule has 2 aromatic rings. The highest BCUT2D eigenvalue weighted by Crippen LogP contribution is 2.28. The van der Waals surface area contributed by atoms with Crippen LogP contribution in [0.15, 0.2) is 66.1 Å². The van der Waals surface area contributed by atoms with Crippen LogP contribution in [0.5, 0.6) is 0 Å². The summed E-state index contributed by atoms with van der Waals surface area (Å²) >= 11 is 0. The zero-order chi connectivity index (χ0) is 15.5. The summed E-state index contributed by atoms with van der Waals surface area (Å²) in [5.74, 6) is -1.64. The highest BCUT2D eigenvalue weighted by Gasteiger charge is 2.30. The molecule has 4 nitrogen and oxygen atoms in total. The van der Waals surface area contributed by atoms with Gasteiger partial charge in [-0.25, -0.2) is 8.42 Å². The largest absolute Gasteiger partial charge is 0.548 e. The molecule has 0 heterocycles. The van der Waals surface area contributed by atoms with E-state index in [1.165, 1.54) is 24.3 Å². The molecule has 0 aliphatic rings. The molecule has 0 amide bonds. The van der Waals surface area contributed by atoms with Crippen molar-refractivity contribution in [2.24, 2.45) is 0 Å². The number of carbonyl (C=O) groups excluding carboxylic acids is 1. The first-order valence-electron chi connectivity index (χ1n) is 6.19. The van der Waals surface area contributed by atoms with Gasteiger partial charge >= 0.3 is 0 Å². The summed E-state index contributed by atoms with van der Waals surface area (Å²) in [5, 5.41) is 9.61. The molecule has 0 aliphatic carbocycles. The third kappa shape index (κ3) is 3.03. The van der Waals surface area contributed by atoms with Crippen LogP contribution >= 0.6 is 0 Å². The number of aliphatic carboxylic acids is 1. The van der Waals surface area contributed by atoms with Gasteiger partial charge in [-0.15, -0.1) is 0 Å². The molecule has 108 valence electrons. The van der Waals surface area contributed by atoms with E-state index >= 15 is 0 Å². The summed E-state index contributed by atoms with van der Waals surface area (Å²) in [6.07, 6.45) is 1.57. The predicted molar refractivity (Wildman–Crippen MR) is 77.9 cm³/mol. The van der Waals surface area contributed by atoms with Gasteiger partial charge in [0.25, 0.3) is 0 Å². The van der Waals surface area contributed by atoms with Crippen molar-refractivity contribution in [3.8, 4) is 0 Å². The second kappa shape index (κ2) is 5.93. The first kappa shape index (κ1) is 15.0. The quantitative estimate of drug-likeness (QED) is 0.840. The lowest BCUT2D eigenvalue weighted by Crippen LogP contribution is -2.34. The van der Waals surface area contributed by atoms with Crippen molar-refractivity contribution >= 4 is 21.9 Å². The van der Waals surface area contributed by atoms with Gasteiger partial charge in [-0.3, -0.25) is 0 Å². The SMILES string of the molecule is C=Cc1ccc(S(=O)(=O)C(C(=O)[O-])c2ccccc2)cc1. The number of carboxylic acid groups (broad SMARTS) is 1. The maximum atomic E-state index is 12.5. The number of benzene rings is 2. The van der Waals surface area contributed by atoms with Gasteiger partial charge < -0.3 is 9.90 Å².